The summed E-state index contributed by atoms with van der Waals surface area (Å²) < 4.78 is 0. The van der Waals surface area contributed by atoms with Crippen molar-refractivity contribution in [2.45, 2.75) is 97.6 Å². The van der Waals surface area contributed by atoms with E-state index in [9.17, 15) is 9.59 Å². The van der Waals surface area contributed by atoms with Gasteiger partial charge in [0.05, 0.1) is 0 Å². The summed E-state index contributed by atoms with van der Waals surface area (Å²) >= 11 is 0. The molecule has 2 amide bonds. The van der Waals surface area contributed by atoms with Gasteiger partial charge in [0.15, 0.2) is 0 Å². The Labute approximate surface area is 171 Å². The molecular formula is C20H40N2O2Ti. The summed E-state index contributed by atoms with van der Waals surface area (Å²) in [7, 11) is 0. The van der Waals surface area contributed by atoms with Gasteiger partial charge >= 0.3 is 21.7 Å². The second-order valence-corrected chi connectivity index (χ2v) is 6.88. The van der Waals surface area contributed by atoms with E-state index in [4.69, 9.17) is 0 Å². The number of rotatable bonds is 8. The maximum absolute atomic E-state index is 11.8. The molecular weight excluding hydrogens is 348 g/mol. The largest absolute Gasteiger partial charge is 2.00 e. The first kappa shape index (κ1) is 29.4. The Morgan fingerprint density at radius 1 is 0.840 bits per heavy atom. The SMILES string of the molecule is CCCC1(CCC)CC(NC(=O)CC)CC(NC(=O)CC)C1.[CH3-].[CH3-].[Ti+2]. The summed E-state index contributed by atoms with van der Waals surface area (Å²) in [6.07, 6.45) is 8.69. The van der Waals surface area contributed by atoms with E-state index in [-0.39, 0.29) is 65.9 Å². The monoisotopic (exact) mass is 388 g/mol. The third kappa shape index (κ3) is 9.79. The summed E-state index contributed by atoms with van der Waals surface area (Å²) in [5, 5.41) is 6.34. The minimum absolute atomic E-state index is 0. The Morgan fingerprint density at radius 2 is 1.20 bits per heavy atom. The van der Waals surface area contributed by atoms with Gasteiger partial charge in [0.1, 0.15) is 0 Å². The summed E-state index contributed by atoms with van der Waals surface area (Å²) in [6.45, 7) is 8.23. The fourth-order valence-electron chi connectivity index (χ4n) is 4.11. The van der Waals surface area contributed by atoms with Crippen molar-refractivity contribution in [3.05, 3.63) is 14.9 Å². The standard InChI is InChI=1S/C18H34N2O2.2CH3.Ti/c1-5-9-18(10-6-2)12-14(19-16(21)7-3)11-15(13-18)20-17(22)8-4;;;/h14-15H,5-13H2,1-4H3,(H,19,21)(H,20,22);2*1H3;/q;2*-1;+2. The molecule has 2 N–H and O–H groups in total. The van der Waals surface area contributed by atoms with Gasteiger partial charge in [-0.1, -0.05) is 40.5 Å². The Bertz CT molecular complexity index is 341. The van der Waals surface area contributed by atoms with Gasteiger partial charge in [0, 0.05) is 24.9 Å². The molecule has 4 nitrogen and oxygen atoms in total. The van der Waals surface area contributed by atoms with Crippen LogP contribution in [0.4, 0.5) is 0 Å². The van der Waals surface area contributed by atoms with Gasteiger partial charge in [-0.3, -0.25) is 9.59 Å². The fourth-order valence-corrected chi connectivity index (χ4v) is 4.11. The van der Waals surface area contributed by atoms with Crippen molar-refractivity contribution in [2.24, 2.45) is 5.41 Å². The van der Waals surface area contributed by atoms with E-state index in [1.54, 1.807) is 0 Å². The van der Waals surface area contributed by atoms with E-state index in [0.29, 0.717) is 12.8 Å². The van der Waals surface area contributed by atoms with Crippen molar-refractivity contribution in [3.63, 3.8) is 0 Å². The third-order valence-electron chi connectivity index (χ3n) is 4.86. The first-order valence-electron chi connectivity index (χ1n) is 9.07. The summed E-state index contributed by atoms with van der Waals surface area (Å²) in [6, 6.07) is 0.392. The predicted octanol–water partition coefficient (Wildman–Crippen LogP) is 4.44. The van der Waals surface area contributed by atoms with Gasteiger partial charge in [-0.15, -0.1) is 0 Å². The Balaban J connectivity index is -0.00000161. The van der Waals surface area contributed by atoms with Gasteiger partial charge < -0.3 is 25.5 Å². The quantitative estimate of drug-likeness (QED) is 0.477. The van der Waals surface area contributed by atoms with Crippen LogP contribution in [0.3, 0.4) is 0 Å². The van der Waals surface area contributed by atoms with Crippen LogP contribution in [0.25, 0.3) is 0 Å². The van der Waals surface area contributed by atoms with Crippen LogP contribution in [0.15, 0.2) is 0 Å². The maximum atomic E-state index is 11.8. The van der Waals surface area contributed by atoms with Crippen molar-refractivity contribution in [3.8, 4) is 0 Å². The van der Waals surface area contributed by atoms with Crippen molar-refractivity contribution >= 4 is 11.8 Å². The Kier molecular flexibility index (Phi) is 17.4. The van der Waals surface area contributed by atoms with Crippen molar-refractivity contribution in [1.82, 2.24) is 10.6 Å². The average Bonchev–Trinajstić information content (AvgIpc) is 2.47. The van der Waals surface area contributed by atoms with Crippen molar-refractivity contribution in [2.75, 3.05) is 0 Å². The van der Waals surface area contributed by atoms with Crippen LogP contribution in [-0.2, 0) is 31.3 Å². The number of hydrogen-bond acceptors (Lipinski definition) is 2. The van der Waals surface area contributed by atoms with Crippen LogP contribution in [0.5, 0.6) is 0 Å². The molecule has 0 aromatic carbocycles. The predicted molar refractivity (Wildman–Crippen MR) is 103 cm³/mol. The molecule has 5 heteroatoms. The molecule has 1 rings (SSSR count). The molecule has 1 fully saturated rings. The van der Waals surface area contributed by atoms with E-state index in [1.807, 2.05) is 13.8 Å². The van der Waals surface area contributed by atoms with Crippen LogP contribution < -0.4 is 10.6 Å². The minimum Gasteiger partial charge on any atom is -0.358 e. The molecule has 2 atom stereocenters. The normalized spacial score (nSPS) is 21.0. The minimum atomic E-state index is 0. The zero-order chi connectivity index (χ0) is 16.6. The molecule has 146 valence electrons. The first-order chi connectivity index (χ1) is 10.5. The van der Waals surface area contributed by atoms with Gasteiger partial charge in [-0.2, -0.15) is 0 Å². The first-order valence-corrected chi connectivity index (χ1v) is 9.07. The number of carbonyl (C=O) groups excluding carboxylic acids is 2. The smallest absolute Gasteiger partial charge is 0.358 e. The molecule has 0 aliphatic heterocycles. The van der Waals surface area contributed by atoms with Crippen LogP contribution in [0, 0.1) is 20.3 Å². The fraction of sp³-hybridized carbons (Fsp3) is 0.800. The van der Waals surface area contributed by atoms with Crippen molar-refractivity contribution < 1.29 is 31.3 Å². The third-order valence-corrected chi connectivity index (χ3v) is 4.86. The molecule has 1 aliphatic rings. The summed E-state index contributed by atoms with van der Waals surface area (Å²) in [5.74, 6) is 0.240. The number of amides is 2. The maximum Gasteiger partial charge on any atom is 2.00 e. The van der Waals surface area contributed by atoms with E-state index in [0.717, 1.165) is 32.1 Å². The molecule has 2 unspecified atom stereocenters. The number of hydrogen-bond donors (Lipinski definition) is 2. The molecule has 1 saturated carbocycles. The molecule has 0 aromatic heterocycles. The van der Waals surface area contributed by atoms with Crippen LogP contribution in [0.2, 0.25) is 0 Å². The van der Waals surface area contributed by atoms with E-state index >= 15 is 0 Å². The van der Waals surface area contributed by atoms with Gasteiger partial charge in [0.2, 0.25) is 11.8 Å². The topological polar surface area (TPSA) is 58.2 Å². The van der Waals surface area contributed by atoms with Crippen LogP contribution >= 0.6 is 0 Å². The zero-order valence-corrected chi connectivity index (χ0v) is 18.9. The molecule has 25 heavy (non-hydrogen) atoms. The Morgan fingerprint density at radius 3 is 1.48 bits per heavy atom. The summed E-state index contributed by atoms with van der Waals surface area (Å²) in [5.41, 5.74) is 0.263. The molecule has 0 radical (unpaired) electrons. The molecule has 0 aromatic rings. The summed E-state index contributed by atoms with van der Waals surface area (Å²) in [4.78, 5) is 23.6. The average molecular weight is 388 g/mol. The molecule has 1 aliphatic carbocycles. The number of nitrogens with one attached hydrogen (secondary N) is 2. The van der Waals surface area contributed by atoms with Gasteiger partial charge in [-0.05, 0) is 37.5 Å². The van der Waals surface area contributed by atoms with Crippen LogP contribution in [-0.4, -0.2) is 23.9 Å². The van der Waals surface area contributed by atoms with Crippen LogP contribution in [0.1, 0.15) is 85.5 Å². The molecule has 0 heterocycles. The van der Waals surface area contributed by atoms with Gasteiger partial charge in [-0.25, -0.2) is 0 Å². The van der Waals surface area contributed by atoms with Crippen molar-refractivity contribution in [1.29, 1.82) is 0 Å². The second kappa shape index (κ2) is 14.8. The zero-order valence-electron chi connectivity index (χ0n) is 17.3. The van der Waals surface area contributed by atoms with E-state index in [1.165, 1.54) is 12.8 Å². The van der Waals surface area contributed by atoms with E-state index < -0.39 is 0 Å². The molecule has 0 spiro atoms. The second-order valence-electron chi connectivity index (χ2n) is 6.88. The van der Waals surface area contributed by atoms with E-state index in [2.05, 4.69) is 24.5 Å². The number of carbonyl (C=O) groups is 2. The Hall–Kier alpha value is -0.346. The molecule has 0 bridgehead atoms. The van der Waals surface area contributed by atoms with Gasteiger partial charge in [0.25, 0.3) is 0 Å². The molecule has 0 saturated heterocycles.